The number of carbonyl (C=O) groups excluding carboxylic acids is 2. The van der Waals surface area contributed by atoms with Gasteiger partial charge in [-0.2, -0.15) is 0 Å². The normalized spacial score (nSPS) is 14.7. The van der Waals surface area contributed by atoms with Crippen molar-refractivity contribution in [2.24, 2.45) is 11.8 Å². The van der Waals surface area contributed by atoms with Crippen LogP contribution in [0.3, 0.4) is 0 Å². The van der Waals surface area contributed by atoms with Gasteiger partial charge < -0.3 is 15.2 Å². The van der Waals surface area contributed by atoms with E-state index in [0.29, 0.717) is 23.7 Å². The molecule has 27 heavy (non-hydrogen) atoms. The lowest BCUT2D eigenvalue weighted by atomic mass is 9.97. The van der Waals surface area contributed by atoms with Crippen molar-refractivity contribution in [2.45, 2.75) is 52.6 Å². The lowest BCUT2D eigenvalue weighted by Crippen LogP contribution is -2.53. The Hall–Kier alpha value is -2.70. The molecular formula is C20H26N3O4-. The van der Waals surface area contributed by atoms with E-state index >= 15 is 0 Å². The molecule has 1 N–H and O–H groups in total. The second-order valence-electron chi connectivity index (χ2n) is 7.31. The van der Waals surface area contributed by atoms with Crippen LogP contribution >= 0.6 is 0 Å². The lowest BCUT2D eigenvalue weighted by molar-refractivity contribution is -0.309. The largest absolute Gasteiger partial charge is 0.548 e. The molecule has 146 valence electrons. The van der Waals surface area contributed by atoms with Crippen LogP contribution in [0.15, 0.2) is 35.4 Å². The van der Waals surface area contributed by atoms with Crippen LogP contribution in [-0.2, 0) is 9.59 Å². The maximum Gasteiger partial charge on any atom is 0.261 e. The van der Waals surface area contributed by atoms with Gasteiger partial charge in [-0.3, -0.25) is 14.2 Å². The van der Waals surface area contributed by atoms with Crippen molar-refractivity contribution in [2.75, 3.05) is 0 Å². The molecule has 0 unspecified atom stereocenters. The molecule has 0 fully saturated rings. The zero-order valence-electron chi connectivity index (χ0n) is 16.1. The smallest absolute Gasteiger partial charge is 0.261 e. The van der Waals surface area contributed by atoms with E-state index in [1.165, 1.54) is 10.9 Å². The maximum absolute atomic E-state index is 12.9. The molecule has 0 saturated heterocycles. The van der Waals surface area contributed by atoms with Crippen LogP contribution in [0.25, 0.3) is 10.9 Å². The van der Waals surface area contributed by atoms with E-state index in [1.54, 1.807) is 31.2 Å². The summed E-state index contributed by atoms with van der Waals surface area (Å²) in [6.45, 7) is 7.45. The van der Waals surface area contributed by atoms with E-state index in [2.05, 4.69) is 10.3 Å². The highest BCUT2D eigenvalue weighted by Gasteiger charge is 2.27. The Morgan fingerprint density at radius 3 is 2.48 bits per heavy atom. The van der Waals surface area contributed by atoms with Crippen LogP contribution in [0.5, 0.6) is 0 Å². The Balaban J connectivity index is 2.43. The number of amides is 1. The molecule has 0 aliphatic heterocycles. The molecule has 2 rings (SSSR count). The van der Waals surface area contributed by atoms with E-state index in [-0.39, 0.29) is 17.4 Å². The van der Waals surface area contributed by atoms with Gasteiger partial charge >= 0.3 is 0 Å². The third-order valence-corrected chi connectivity index (χ3v) is 4.79. The number of carbonyl (C=O) groups is 2. The van der Waals surface area contributed by atoms with E-state index in [0.717, 1.165) is 0 Å². The Bertz CT molecular complexity index is 875. The van der Waals surface area contributed by atoms with E-state index in [1.807, 2.05) is 20.8 Å². The Kier molecular flexibility index (Phi) is 6.71. The lowest BCUT2D eigenvalue weighted by Gasteiger charge is -2.28. The quantitative estimate of drug-likeness (QED) is 0.751. The summed E-state index contributed by atoms with van der Waals surface area (Å²) in [5.74, 6) is -2.02. The average molecular weight is 372 g/mol. The fraction of sp³-hybridized carbons (Fsp3) is 0.500. The second kappa shape index (κ2) is 8.79. The zero-order chi connectivity index (χ0) is 20.1. The van der Waals surface area contributed by atoms with Crippen molar-refractivity contribution in [1.82, 2.24) is 14.9 Å². The summed E-state index contributed by atoms with van der Waals surface area (Å²) in [6, 6.07) is 4.96. The van der Waals surface area contributed by atoms with Crippen LogP contribution in [0.2, 0.25) is 0 Å². The average Bonchev–Trinajstić information content (AvgIpc) is 2.64. The molecule has 7 nitrogen and oxygen atoms in total. The minimum Gasteiger partial charge on any atom is -0.548 e. The minimum atomic E-state index is -1.33. The number of hydrogen-bond acceptors (Lipinski definition) is 5. The van der Waals surface area contributed by atoms with Gasteiger partial charge in [-0.1, -0.05) is 46.2 Å². The first-order chi connectivity index (χ1) is 12.8. The number of rotatable bonds is 8. The molecule has 1 aromatic carbocycles. The van der Waals surface area contributed by atoms with Crippen LogP contribution in [0, 0.1) is 11.8 Å². The Morgan fingerprint density at radius 1 is 1.22 bits per heavy atom. The molecule has 1 aromatic heterocycles. The van der Waals surface area contributed by atoms with Gasteiger partial charge in [0.15, 0.2) is 0 Å². The summed E-state index contributed by atoms with van der Waals surface area (Å²) >= 11 is 0. The third kappa shape index (κ3) is 4.72. The van der Waals surface area contributed by atoms with E-state index in [4.69, 9.17) is 0 Å². The van der Waals surface area contributed by atoms with Crippen molar-refractivity contribution in [1.29, 1.82) is 0 Å². The summed E-state index contributed by atoms with van der Waals surface area (Å²) in [6.07, 6.45) is 2.31. The van der Waals surface area contributed by atoms with E-state index < -0.39 is 24.0 Å². The van der Waals surface area contributed by atoms with Crippen molar-refractivity contribution in [3.8, 4) is 0 Å². The van der Waals surface area contributed by atoms with Crippen LogP contribution in [0.4, 0.5) is 0 Å². The van der Waals surface area contributed by atoms with Crippen molar-refractivity contribution < 1.29 is 14.7 Å². The van der Waals surface area contributed by atoms with E-state index in [9.17, 15) is 19.5 Å². The molecule has 3 atom stereocenters. The number of para-hydroxylation sites is 1. The Morgan fingerprint density at radius 2 is 1.89 bits per heavy atom. The number of benzene rings is 1. The minimum absolute atomic E-state index is 0.115. The monoisotopic (exact) mass is 372 g/mol. The molecule has 0 bridgehead atoms. The van der Waals surface area contributed by atoms with Gasteiger partial charge in [-0.15, -0.1) is 0 Å². The highest BCUT2D eigenvalue weighted by molar-refractivity contribution is 5.86. The summed E-state index contributed by atoms with van der Waals surface area (Å²) in [5, 5.41) is 14.4. The highest BCUT2D eigenvalue weighted by Crippen LogP contribution is 2.19. The van der Waals surface area contributed by atoms with Crippen LogP contribution in [-0.4, -0.2) is 27.5 Å². The summed E-state index contributed by atoms with van der Waals surface area (Å²) in [7, 11) is 0. The van der Waals surface area contributed by atoms with Gasteiger partial charge in [0.05, 0.1) is 29.2 Å². The SMILES string of the molecule is CC[C@@H](C)[C@H](NC(=O)[C@@H](CC(C)C)n1cnc2ccccc2c1=O)C(=O)[O-]. The number of nitrogens with zero attached hydrogens (tertiary/aromatic N) is 2. The number of carboxylic acid groups (broad SMARTS) is 1. The summed E-state index contributed by atoms with van der Waals surface area (Å²) in [5.41, 5.74) is 0.226. The molecule has 0 aliphatic carbocycles. The van der Waals surface area contributed by atoms with Gasteiger partial charge in [-0.25, -0.2) is 4.98 Å². The maximum atomic E-state index is 12.9. The first-order valence-corrected chi connectivity index (χ1v) is 9.23. The molecule has 0 radical (unpaired) electrons. The molecule has 7 heteroatoms. The molecule has 1 heterocycles. The number of aliphatic carboxylic acids is 1. The number of hydrogen-bond donors (Lipinski definition) is 1. The molecular weight excluding hydrogens is 346 g/mol. The Labute approximate surface area is 158 Å². The van der Waals surface area contributed by atoms with Gasteiger partial charge in [0, 0.05) is 0 Å². The van der Waals surface area contributed by atoms with Crippen LogP contribution in [0.1, 0.15) is 46.6 Å². The number of fused-ring (bicyclic) bond motifs is 1. The van der Waals surface area contributed by atoms with Gasteiger partial charge in [0.1, 0.15) is 6.04 Å². The van der Waals surface area contributed by atoms with Gasteiger partial charge in [0.2, 0.25) is 5.91 Å². The number of aromatic nitrogens is 2. The summed E-state index contributed by atoms with van der Waals surface area (Å²) < 4.78 is 1.29. The first kappa shape index (κ1) is 20.6. The molecule has 0 aliphatic rings. The standard InChI is InChI=1S/C20H27N3O4/c1-5-13(4)17(20(26)27)22-18(24)16(10-12(2)3)23-11-21-15-9-7-6-8-14(15)19(23)25/h6-9,11-13,16-17H,5,10H2,1-4H3,(H,22,24)(H,26,27)/p-1/t13-,16-,17+/m1/s1. The second-order valence-corrected chi connectivity index (χ2v) is 7.31. The fourth-order valence-corrected chi connectivity index (χ4v) is 3.02. The summed E-state index contributed by atoms with van der Waals surface area (Å²) in [4.78, 5) is 41.5. The number of carboxylic acids is 1. The third-order valence-electron chi connectivity index (χ3n) is 4.79. The molecule has 0 spiro atoms. The molecule has 0 saturated carbocycles. The fourth-order valence-electron chi connectivity index (χ4n) is 3.02. The van der Waals surface area contributed by atoms with Crippen molar-refractivity contribution in [3.05, 3.63) is 40.9 Å². The highest BCUT2D eigenvalue weighted by atomic mass is 16.4. The number of nitrogens with one attached hydrogen (secondary N) is 1. The first-order valence-electron chi connectivity index (χ1n) is 9.23. The van der Waals surface area contributed by atoms with Crippen molar-refractivity contribution >= 4 is 22.8 Å². The van der Waals surface area contributed by atoms with Gasteiger partial charge in [0.25, 0.3) is 5.56 Å². The van der Waals surface area contributed by atoms with Gasteiger partial charge in [-0.05, 0) is 30.4 Å². The zero-order valence-corrected chi connectivity index (χ0v) is 16.1. The predicted molar refractivity (Wildman–Crippen MR) is 101 cm³/mol. The topological polar surface area (TPSA) is 104 Å². The van der Waals surface area contributed by atoms with Crippen LogP contribution < -0.4 is 16.0 Å². The van der Waals surface area contributed by atoms with Crippen molar-refractivity contribution in [3.63, 3.8) is 0 Å². The molecule has 1 amide bonds. The predicted octanol–water partition coefficient (Wildman–Crippen LogP) is 1.26. The molecule has 2 aromatic rings.